The number of nitrogens with zero attached hydrogens (tertiary/aromatic N) is 2. The van der Waals surface area contributed by atoms with Crippen LogP contribution in [-0.2, 0) is 16.0 Å². The van der Waals surface area contributed by atoms with E-state index in [1.807, 2.05) is 24.3 Å². The van der Waals surface area contributed by atoms with Crippen molar-refractivity contribution in [2.45, 2.75) is 32.6 Å². The highest BCUT2D eigenvalue weighted by Gasteiger charge is 2.50. The van der Waals surface area contributed by atoms with Gasteiger partial charge in [0.05, 0.1) is 5.41 Å². The zero-order chi connectivity index (χ0) is 18.6. The molecule has 0 unspecified atom stereocenters. The van der Waals surface area contributed by atoms with Crippen molar-refractivity contribution in [3.63, 3.8) is 0 Å². The molecular formula is C20H28ClN3O2. The third-order valence-electron chi connectivity index (χ3n) is 5.53. The smallest absolute Gasteiger partial charge is 0.230 e. The lowest BCUT2D eigenvalue weighted by molar-refractivity contribution is -0.152. The molecule has 0 spiro atoms. The van der Waals surface area contributed by atoms with Crippen LogP contribution in [0.15, 0.2) is 24.3 Å². The van der Waals surface area contributed by atoms with Crippen molar-refractivity contribution < 1.29 is 9.59 Å². The van der Waals surface area contributed by atoms with Gasteiger partial charge in [-0.25, -0.2) is 0 Å². The summed E-state index contributed by atoms with van der Waals surface area (Å²) < 4.78 is 0. The maximum Gasteiger partial charge on any atom is 0.230 e. The Hall–Kier alpha value is -1.59. The van der Waals surface area contributed by atoms with Gasteiger partial charge in [0.25, 0.3) is 0 Å². The van der Waals surface area contributed by atoms with Gasteiger partial charge in [0.15, 0.2) is 0 Å². The Kier molecular flexibility index (Phi) is 6.20. The third-order valence-corrected chi connectivity index (χ3v) is 5.78. The number of piperidine rings is 1. The predicted molar refractivity (Wildman–Crippen MR) is 103 cm³/mol. The van der Waals surface area contributed by atoms with E-state index in [1.165, 1.54) is 19.3 Å². The fourth-order valence-corrected chi connectivity index (χ4v) is 4.06. The van der Waals surface area contributed by atoms with Crippen LogP contribution in [0.3, 0.4) is 0 Å². The van der Waals surface area contributed by atoms with Gasteiger partial charge in [0, 0.05) is 38.1 Å². The van der Waals surface area contributed by atoms with Crippen LogP contribution in [0.25, 0.3) is 0 Å². The summed E-state index contributed by atoms with van der Waals surface area (Å²) >= 11 is 5.96. The molecule has 6 heteroatoms. The van der Waals surface area contributed by atoms with Crippen LogP contribution in [0.5, 0.6) is 0 Å². The molecule has 2 amide bonds. The molecule has 5 nitrogen and oxygen atoms in total. The maximum absolute atomic E-state index is 12.9. The summed E-state index contributed by atoms with van der Waals surface area (Å²) in [7, 11) is 0. The first-order valence-electron chi connectivity index (χ1n) is 9.49. The molecule has 26 heavy (non-hydrogen) atoms. The number of amides is 2. The number of nitrogens with one attached hydrogen (secondary N) is 1. The molecule has 0 atom stereocenters. The molecule has 2 aliphatic heterocycles. The lowest BCUT2D eigenvalue weighted by atomic mass is 9.73. The first-order chi connectivity index (χ1) is 12.5. The molecular weight excluding hydrogens is 350 g/mol. The van der Waals surface area contributed by atoms with Crippen molar-refractivity contribution in [2.75, 3.05) is 39.3 Å². The van der Waals surface area contributed by atoms with Gasteiger partial charge >= 0.3 is 0 Å². The van der Waals surface area contributed by atoms with E-state index >= 15 is 0 Å². The number of rotatable bonds is 6. The minimum Gasteiger partial charge on any atom is -0.354 e. The van der Waals surface area contributed by atoms with E-state index in [2.05, 4.69) is 10.2 Å². The molecule has 2 fully saturated rings. The Morgan fingerprint density at radius 2 is 1.77 bits per heavy atom. The van der Waals surface area contributed by atoms with E-state index in [0.29, 0.717) is 31.1 Å². The van der Waals surface area contributed by atoms with Crippen LogP contribution < -0.4 is 5.32 Å². The standard InChI is InChI=1S/C20H28ClN3O2/c1-16(25)24-14-20(15-24,13-17-5-7-18(21)8-6-17)19(26)22-9-12-23-10-3-2-4-11-23/h5-8H,2-4,9-15H2,1H3,(H,22,26). The predicted octanol–water partition coefficient (Wildman–Crippen LogP) is 2.33. The second-order valence-electron chi connectivity index (χ2n) is 7.62. The van der Waals surface area contributed by atoms with E-state index in [1.54, 1.807) is 11.8 Å². The molecule has 1 aromatic carbocycles. The van der Waals surface area contributed by atoms with Crippen molar-refractivity contribution in [1.82, 2.24) is 15.1 Å². The Bertz CT molecular complexity index is 635. The SMILES string of the molecule is CC(=O)N1CC(Cc2ccc(Cl)cc2)(C(=O)NCCN2CCCCC2)C1. The first-order valence-corrected chi connectivity index (χ1v) is 9.87. The van der Waals surface area contributed by atoms with Crippen molar-refractivity contribution in [3.05, 3.63) is 34.9 Å². The summed E-state index contributed by atoms with van der Waals surface area (Å²) in [6, 6.07) is 7.61. The maximum atomic E-state index is 12.9. The van der Waals surface area contributed by atoms with Gasteiger partial charge in [-0.05, 0) is 50.0 Å². The third kappa shape index (κ3) is 4.57. The summed E-state index contributed by atoms with van der Waals surface area (Å²) in [6.07, 6.45) is 4.45. The summed E-state index contributed by atoms with van der Waals surface area (Å²) in [4.78, 5) is 28.7. The Balaban J connectivity index is 1.58. The number of hydrogen-bond acceptors (Lipinski definition) is 3. The minimum absolute atomic E-state index is 0.0258. The van der Waals surface area contributed by atoms with Crippen molar-refractivity contribution in [1.29, 1.82) is 0 Å². The summed E-state index contributed by atoms with van der Waals surface area (Å²) in [5.41, 5.74) is 0.547. The Labute approximate surface area is 160 Å². The number of likely N-dealkylation sites (tertiary alicyclic amines) is 2. The van der Waals surface area contributed by atoms with Crippen molar-refractivity contribution in [2.24, 2.45) is 5.41 Å². The Morgan fingerprint density at radius 1 is 1.12 bits per heavy atom. The van der Waals surface area contributed by atoms with Crippen LogP contribution in [0.2, 0.25) is 5.02 Å². The molecule has 2 saturated heterocycles. The quantitative estimate of drug-likeness (QED) is 0.827. The largest absolute Gasteiger partial charge is 0.354 e. The van der Waals surface area contributed by atoms with E-state index in [9.17, 15) is 9.59 Å². The summed E-state index contributed by atoms with van der Waals surface area (Å²) in [6.45, 7) is 6.36. The van der Waals surface area contributed by atoms with E-state index in [0.717, 1.165) is 25.2 Å². The molecule has 0 aliphatic carbocycles. The van der Waals surface area contributed by atoms with Crippen LogP contribution >= 0.6 is 11.6 Å². The minimum atomic E-state index is -0.526. The number of halogens is 1. The monoisotopic (exact) mass is 377 g/mol. The second-order valence-corrected chi connectivity index (χ2v) is 8.05. The van der Waals surface area contributed by atoms with E-state index in [-0.39, 0.29) is 11.8 Å². The number of hydrogen-bond donors (Lipinski definition) is 1. The molecule has 0 aromatic heterocycles. The highest BCUT2D eigenvalue weighted by Crippen LogP contribution is 2.35. The highest BCUT2D eigenvalue weighted by atomic mass is 35.5. The lowest BCUT2D eigenvalue weighted by Crippen LogP contribution is -2.65. The molecule has 3 rings (SSSR count). The molecule has 0 radical (unpaired) electrons. The van der Waals surface area contributed by atoms with Crippen LogP contribution in [0, 0.1) is 5.41 Å². The van der Waals surface area contributed by atoms with Gasteiger partial charge < -0.3 is 15.1 Å². The van der Waals surface area contributed by atoms with Gasteiger partial charge in [-0.1, -0.05) is 30.2 Å². The average Bonchev–Trinajstić information content (AvgIpc) is 2.60. The second kappa shape index (κ2) is 8.40. The van der Waals surface area contributed by atoms with Crippen molar-refractivity contribution >= 4 is 23.4 Å². The van der Waals surface area contributed by atoms with Crippen LogP contribution in [0.1, 0.15) is 31.7 Å². The number of benzene rings is 1. The number of carbonyl (C=O) groups is 2. The molecule has 2 aliphatic rings. The average molecular weight is 378 g/mol. The molecule has 0 bridgehead atoms. The van der Waals surface area contributed by atoms with Crippen LogP contribution in [-0.4, -0.2) is 60.9 Å². The topological polar surface area (TPSA) is 52.7 Å². The van der Waals surface area contributed by atoms with E-state index in [4.69, 9.17) is 11.6 Å². The van der Waals surface area contributed by atoms with Gasteiger partial charge in [0.1, 0.15) is 0 Å². The fourth-order valence-electron chi connectivity index (χ4n) is 3.93. The molecule has 2 heterocycles. The lowest BCUT2D eigenvalue weighted by Gasteiger charge is -2.48. The molecule has 1 N–H and O–H groups in total. The fraction of sp³-hybridized carbons (Fsp3) is 0.600. The normalized spacial score (nSPS) is 19.7. The zero-order valence-electron chi connectivity index (χ0n) is 15.5. The summed E-state index contributed by atoms with van der Waals surface area (Å²) in [5.74, 6) is 0.0832. The first kappa shape index (κ1) is 19.2. The molecule has 142 valence electrons. The number of carbonyl (C=O) groups excluding carboxylic acids is 2. The molecule has 1 aromatic rings. The zero-order valence-corrected chi connectivity index (χ0v) is 16.2. The van der Waals surface area contributed by atoms with Gasteiger partial charge in [0.2, 0.25) is 11.8 Å². The highest BCUT2D eigenvalue weighted by molar-refractivity contribution is 6.30. The van der Waals surface area contributed by atoms with Crippen LogP contribution in [0.4, 0.5) is 0 Å². The van der Waals surface area contributed by atoms with Gasteiger partial charge in [-0.15, -0.1) is 0 Å². The summed E-state index contributed by atoms with van der Waals surface area (Å²) in [5, 5.41) is 3.81. The Morgan fingerprint density at radius 3 is 2.38 bits per heavy atom. The van der Waals surface area contributed by atoms with Gasteiger partial charge in [-0.3, -0.25) is 9.59 Å². The van der Waals surface area contributed by atoms with E-state index < -0.39 is 5.41 Å². The molecule has 0 saturated carbocycles. The van der Waals surface area contributed by atoms with Gasteiger partial charge in [-0.2, -0.15) is 0 Å². The van der Waals surface area contributed by atoms with Crippen molar-refractivity contribution in [3.8, 4) is 0 Å².